The van der Waals surface area contributed by atoms with E-state index in [4.69, 9.17) is 0 Å². The van der Waals surface area contributed by atoms with Crippen LogP contribution in [0, 0.1) is 12.7 Å². The lowest BCUT2D eigenvalue weighted by Crippen LogP contribution is -2.22. The largest absolute Gasteiger partial charge is 0.348 e. The van der Waals surface area contributed by atoms with Gasteiger partial charge in [-0.2, -0.15) is 0 Å². The minimum absolute atomic E-state index is 0.140. The maximum atomic E-state index is 12.9. The van der Waals surface area contributed by atoms with Crippen LogP contribution in [0.5, 0.6) is 0 Å². The summed E-state index contributed by atoms with van der Waals surface area (Å²) in [5.41, 5.74) is 3.66. The fraction of sp³-hybridized carbons (Fsp3) is 0.158. The van der Waals surface area contributed by atoms with Gasteiger partial charge in [0.1, 0.15) is 10.2 Å². The number of benzene rings is 2. The number of hydrogen-bond acceptors (Lipinski definition) is 4. The zero-order valence-corrected chi connectivity index (χ0v) is 15.3. The van der Waals surface area contributed by atoms with E-state index in [0.29, 0.717) is 12.1 Å². The lowest BCUT2D eigenvalue weighted by atomic mass is 10.1. The number of rotatable bonds is 6. The smallest absolute Gasteiger partial charge is 0.251 e. The molecule has 0 bridgehead atoms. The highest BCUT2D eigenvalue weighted by atomic mass is 32.2. The maximum Gasteiger partial charge on any atom is 0.251 e. The van der Waals surface area contributed by atoms with Crippen molar-refractivity contribution in [2.75, 3.05) is 0 Å². The molecule has 0 aliphatic rings. The predicted molar refractivity (Wildman–Crippen MR) is 100 cm³/mol. The van der Waals surface area contributed by atoms with Crippen LogP contribution in [0.1, 0.15) is 27.2 Å². The number of nitrogens with zero attached hydrogens (tertiary/aromatic N) is 1. The monoisotopic (exact) mass is 372 g/mol. The predicted octanol–water partition coefficient (Wildman–Crippen LogP) is 4.81. The Bertz CT molecular complexity index is 845. The van der Waals surface area contributed by atoms with Crippen LogP contribution in [0.15, 0.2) is 58.3 Å². The van der Waals surface area contributed by atoms with Gasteiger partial charge >= 0.3 is 0 Å². The van der Waals surface area contributed by atoms with Gasteiger partial charge in [-0.05, 0) is 42.3 Å². The highest BCUT2D eigenvalue weighted by Gasteiger charge is 2.06. The van der Waals surface area contributed by atoms with Gasteiger partial charge in [0.05, 0.1) is 0 Å². The maximum absolute atomic E-state index is 12.9. The van der Waals surface area contributed by atoms with Crippen LogP contribution in [0.2, 0.25) is 0 Å². The van der Waals surface area contributed by atoms with E-state index in [2.05, 4.69) is 10.3 Å². The molecule has 3 aromatic rings. The van der Waals surface area contributed by atoms with Crippen molar-refractivity contribution in [3.05, 3.63) is 82.1 Å². The van der Waals surface area contributed by atoms with E-state index < -0.39 is 0 Å². The fourth-order valence-electron chi connectivity index (χ4n) is 2.18. The van der Waals surface area contributed by atoms with Gasteiger partial charge in [0.15, 0.2) is 0 Å². The van der Waals surface area contributed by atoms with Gasteiger partial charge in [0.2, 0.25) is 0 Å². The number of thioether (sulfide) groups is 1. The first-order chi connectivity index (χ1) is 12.1. The van der Waals surface area contributed by atoms with Gasteiger partial charge in [0, 0.05) is 28.9 Å². The Morgan fingerprint density at radius 3 is 2.44 bits per heavy atom. The van der Waals surface area contributed by atoms with Crippen molar-refractivity contribution >= 4 is 29.0 Å². The van der Waals surface area contributed by atoms with Crippen molar-refractivity contribution in [3.8, 4) is 0 Å². The molecule has 6 heteroatoms. The van der Waals surface area contributed by atoms with Crippen molar-refractivity contribution in [1.82, 2.24) is 10.3 Å². The summed E-state index contributed by atoms with van der Waals surface area (Å²) >= 11 is 3.34. The average Bonchev–Trinajstić information content (AvgIpc) is 3.05. The van der Waals surface area contributed by atoms with E-state index >= 15 is 0 Å². The summed E-state index contributed by atoms with van der Waals surface area (Å²) in [4.78, 5) is 16.6. The van der Waals surface area contributed by atoms with Gasteiger partial charge in [-0.15, -0.1) is 11.3 Å². The number of amides is 1. The van der Waals surface area contributed by atoms with Gasteiger partial charge in [-0.1, -0.05) is 36.0 Å². The second kappa shape index (κ2) is 8.27. The Balaban J connectivity index is 1.52. The zero-order chi connectivity index (χ0) is 17.6. The minimum Gasteiger partial charge on any atom is -0.348 e. The van der Waals surface area contributed by atoms with E-state index in [1.165, 1.54) is 12.1 Å². The second-order valence-electron chi connectivity index (χ2n) is 5.55. The number of carbonyl (C=O) groups is 1. The molecule has 0 aliphatic carbocycles. The van der Waals surface area contributed by atoms with E-state index in [9.17, 15) is 9.18 Å². The average molecular weight is 372 g/mol. The molecule has 1 heterocycles. The minimum atomic E-state index is -0.281. The number of carbonyl (C=O) groups excluding carboxylic acids is 1. The van der Waals surface area contributed by atoms with Crippen LogP contribution in [0.25, 0.3) is 0 Å². The summed E-state index contributed by atoms with van der Waals surface area (Å²) in [5, 5.41) is 4.88. The molecule has 0 atom stereocenters. The third-order valence-corrected chi connectivity index (χ3v) is 5.75. The lowest BCUT2D eigenvalue weighted by molar-refractivity contribution is 0.0951. The Labute approximate surface area is 154 Å². The summed E-state index contributed by atoms with van der Waals surface area (Å²) in [6.45, 7) is 2.36. The molecule has 0 aliphatic heterocycles. The van der Waals surface area contributed by atoms with Gasteiger partial charge in [0.25, 0.3) is 5.91 Å². The van der Waals surface area contributed by atoms with Crippen LogP contribution < -0.4 is 5.32 Å². The van der Waals surface area contributed by atoms with Crippen LogP contribution in [0.3, 0.4) is 0 Å². The highest BCUT2D eigenvalue weighted by molar-refractivity contribution is 8.00. The van der Waals surface area contributed by atoms with E-state index in [1.54, 1.807) is 35.2 Å². The molecule has 0 unspecified atom stereocenters. The van der Waals surface area contributed by atoms with E-state index in [-0.39, 0.29) is 11.7 Å². The third-order valence-electron chi connectivity index (χ3n) is 3.54. The summed E-state index contributed by atoms with van der Waals surface area (Å²) in [5.74, 6) is 0.403. The molecule has 1 N–H and O–H groups in total. The molecule has 25 heavy (non-hydrogen) atoms. The van der Waals surface area contributed by atoms with Crippen molar-refractivity contribution in [3.63, 3.8) is 0 Å². The number of aryl methyl sites for hydroxylation is 1. The van der Waals surface area contributed by atoms with Crippen molar-refractivity contribution < 1.29 is 9.18 Å². The molecule has 0 fully saturated rings. The Morgan fingerprint density at radius 1 is 1.12 bits per heavy atom. The summed E-state index contributed by atoms with van der Waals surface area (Å²) in [6, 6.07) is 13.7. The van der Waals surface area contributed by atoms with E-state index in [1.807, 2.05) is 36.6 Å². The topological polar surface area (TPSA) is 42.0 Å². The molecule has 3 rings (SSSR count). The molecule has 1 amide bonds. The molecule has 0 radical (unpaired) electrons. The lowest BCUT2D eigenvalue weighted by Gasteiger charge is -2.06. The fourth-order valence-corrected chi connectivity index (χ4v) is 3.99. The first kappa shape index (κ1) is 17.6. The van der Waals surface area contributed by atoms with Crippen molar-refractivity contribution in [2.45, 2.75) is 23.6 Å². The summed E-state index contributed by atoms with van der Waals surface area (Å²) < 4.78 is 13.9. The third kappa shape index (κ3) is 5.14. The van der Waals surface area contributed by atoms with Crippen LogP contribution in [-0.2, 0) is 12.3 Å². The zero-order valence-electron chi connectivity index (χ0n) is 13.7. The second-order valence-corrected chi connectivity index (χ2v) is 7.63. The van der Waals surface area contributed by atoms with E-state index in [0.717, 1.165) is 26.9 Å². The van der Waals surface area contributed by atoms with Gasteiger partial charge in [-0.25, -0.2) is 9.37 Å². The Hall–Kier alpha value is -2.18. The SMILES string of the molecule is Cc1csc(SCc2ccc(C(=O)NCc3ccc(F)cc3)cc2)n1. The molecule has 0 saturated carbocycles. The number of aromatic nitrogens is 1. The quantitative estimate of drug-likeness (QED) is 0.631. The molecule has 3 nitrogen and oxygen atoms in total. The van der Waals surface area contributed by atoms with Gasteiger partial charge in [-0.3, -0.25) is 4.79 Å². The van der Waals surface area contributed by atoms with Crippen LogP contribution >= 0.6 is 23.1 Å². The number of hydrogen-bond donors (Lipinski definition) is 1. The standard InChI is InChI=1S/C19H17FN2OS2/c1-13-11-24-19(22-13)25-12-15-2-6-16(7-3-15)18(23)21-10-14-4-8-17(20)9-5-14/h2-9,11H,10,12H2,1H3,(H,21,23). The van der Waals surface area contributed by atoms with Crippen molar-refractivity contribution in [1.29, 1.82) is 0 Å². The first-order valence-corrected chi connectivity index (χ1v) is 9.63. The molecule has 0 spiro atoms. The normalized spacial score (nSPS) is 10.6. The molecule has 128 valence electrons. The van der Waals surface area contributed by atoms with Crippen LogP contribution in [-0.4, -0.2) is 10.9 Å². The number of halogens is 1. The van der Waals surface area contributed by atoms with Crippen molar-refractivity contribution in [2.24, 2.45) is 0 Å². The summed E-state index contributed by atoms with van der Waals surface area (Å²) in [7, 11) is 0. The molecular formula is C19H17FN2OS2. The first-order valence-electron chi connectivity index (χ1n) is 7.77. The molecular weight excluding hydrogens is 355 g/mol. The number of thiazole rings is 1. The number of nitrogens with one attached hydrogen (secondary N) is 1. The summed E-state index contributed by atoms with van der Waals surface area (Å²) in [6.07, 6.45) is 0. The molecule has 0 saturated heterocycles. The Kier molecular flexibility index (Phi) is 5.83. The van der Waals surface area contributed by atoms with Crippen LogP contribution in [0.4, 0.5) is 4.39 Å². The Morgan fingerprint density at radius 2 is 1.80 bits per heavy atom. The van der Waals surface area contributed by atoms with Gasteiger partial charge < -0.3 is 5.32 Å². The highest BCUT2D eigenvalue weighted by Crippen LogP contribution is 2.26. The molecule has 2 aromatic carbocycles. The molecule has 1 aromatic heterocycles.